The standard InChI is InChI=1S/C82H50N4O2/c1-2-16-51(17-3-1)52-35-40-60(41-36-52)85(73-50-58-34-33-54-18-4-7-23-62(54)76(58)66-27-11-10-26-65(66)73)72-32-14-29-70-78-75(87-81(70)72)45-47-83-79(78)59-22-12-21-56(48-59)53-37-42-61(43-38-53)86(71-31-13-28-67-68-30-15-46-84-82(68)88-80(67)71)74-49-57-20-6-9-25-64(57)77-63-24-8-5-19-55(63)39-44-69(74)77/h1-50H. The van der Waals surface area contributed by atoms with Gasteiger partial charge in [-0.3, -0.25) is 4.98 Å². The molecule has 18 rings (SSSR count). The number of hydrogen-bond acceptors (Lipinski definition) is 6. The molecule has 6 heteroatoms. The molecule has 0 amide bonds. The fourth-order valence-electron chi connectivity index (χ4n) is 13.9. The lowest BCUT2D eigenvalue weighted by atomic mass is 9.94. The van der Waals surface area contributed by atoms with E-state index in [1.54, 1.807) is 6.20 Å². The van der Waals surface area contributed by atoms with Crippen LogP contribution in [0.15, 0.2) is 312 Å². The van der Waals surface area contributed by atoms with Gasteiger partial charge in [-0.2, -0.15) is 0 Å². The second-order valence-electron chi connectivity index (χ2n) is 22.8. The van der Waals surface area contributed by atoms with Crippen molar-refractivity contribution in [2.24, 2.45) is 0 Å². The van der Waals surface area contributed by atoms with Crippen LogP contribution in [0.25, 0.3) is 142 Å². The van der Waals surface area contributed by atoms with E-state index >= 15 is 0 Å². The van der Waals surface area contributed by atoms with Gasteiger partial charge in [-0.05, 0) is 149 Å². The van der Waals surface area contributed by atoms with Crippen LogP contribution in [0.4, 0.5) is 34.1 Å². The molecule has 0 saturated heterocycles. The van der Waals surface area contributed by atoms with Gasteiger partial charge in [0.15, 0.2) is 11.2 Å². The molecular weight excluding hydrogens is 1070 g/mol. The first-order valence-electron chi connectivity index (χ1n) is 29.8. The molecule has 0 spiro atoms. The molecule has 88 heavy (non-hydrogen) atoms. The van der Waals surface area contributed by atoms with Crippen molar-refractivity contribution in [2.45, 2.75) is 0 Å². The molecule has 4 heterocycles. The van der Waals surface area contributed by atoms with Gasteiger partial charge in [0.2, 0.25) is 5.71 Å². The maximum Gasteiger partial charge on any atom is 0.227 e. The van der Waals surface area contributed by atoms with E-state index in [1.807, 2.05) is 18.3 Å². The molecule has 0 aliphatic heterocycles. The normalized spacial score (nSPS) is 11.9. The first kappa shape index (κ1) is 49.6. The molecular formula is C82H50N4O2. The largest absolute Gasteiger partial charge is 0.454 e. The van der Waals surface area contributed by atoms with Crippen LogP contribution in [0.1, 0.15) is 0 Å². The lowest BCUT2D eigenvalue weighted by Gasteiger charge is -2.28. The van der Waals surface area contributed by atoms with E-state index in [9.17, 15) is 0 Å². The smallest absolute Gasteiger partial charge is 0.227 e. The van der Waals surface area contributed by atoms with Crippen LogP contribution in [0.3, 0.4) is 0 Å². The average molecular weight is 1120 g/mol. The molecule has 0 fully saturated rings. The number of fused-ring (bicyclic) bond motifs is 16. The van der Waals surface area contributed by atoms with E-state index in [1.165, 1.54) is 54.0 Å². The third kappa shape index (κ3) is 7.82. The molecule has 0 aliphatic carbocycles. The number of furan rings is 2. The van der Waals surface area contributed by atoms with E-state index in [-0.39, 0.29) is 0 Å². The summed E-state index contributed by atoms with van der Waals surface area (Å²) in [6.07, 6.45) is 3.66. The van der Waals surface area contributed by atoms with Gasteiger partial charge in [0, 0.05) is 56.3 Å². The van der Waals surface area contributed by atoms with E-state index in [4.69, 9.17) is 13.8 Å². The summed E-state index contributed by atoms with van der Waals surface area (Å²) in [5.41, 5.74) is 15.2. The zero-order valence-corrected chi connectivity index (χ0v) is 47.5. The third-order valence-electron chi connectivity index (χ3n) is 17.9. The summed E-state index contributed by atoms with van der Waals surface area (Å²) < 4.78 is 13.9. The summed E-state index contributed by atoms with van der Waals surface area (Å²) in [5, 5.41) is 18.3. The third-order valence-corrected chi connectivity index (χ3v) is 17.9. The molecule has 18 aromatic rings. The molecule has 0 aliphatic rings. The molecule has 0 N–H and O–H groups in total. The van der Waals surface area contributed by atoms with Crippen LogP contribution in [-0.4, -0.2) is 9.97 Å². The highest BCUT2D eigenvalue weighted by Crippen LogP contribution is 2.50. The molecule has 0 radical (unpaired) electrons. The fraction of sp³-hybridized carbons (Fsp3) is 0. The lowest BCUT2D eigenvalue weighted by Crippen LogP contribution is -2.11. The Morgan fingerprint density at radius 3 is 1.50 bits per heavy atom. The highest BCUT2D eigenvalue weighted by Gasteiger charge is 2.26. The highest BCUT2D eigenvalue weighted by atomic mass is 16.3. The molecule has 410 valence electrons. The minimum atomic E-state index is 0.610. The molecule has 0 bridgehead atoms. The number of anilines is 6. The van der Waals surface area contributed by atoms with Gasteiger partial charge in [0.05, 0.1) is 33.8 Å². The van der Waals surface area contributed by atoms with Gasteiger partial charge in [-0.1, -0.05) is 218 Å². The topological polar surface area (TPSA) is 58.5 Å². The van der Waals surface area contributed by atoms with Crippen molar-refractivity contribution in [1.29, 1.82) is 0 Å². The Morgan fingerprint density at radius 1 is 0.250 bits per heavy atom. The predicted octanol–water partition coefficient (Wildman–Crippen LogP) is 23.1. The predicted molar refractivity (Wildman–Crippen MR) is 367 cm³/mol. The van der Waals surface area contributed by atoms with Crippen LogP contribution in [-0.2, 0) is 0 Å². The molecule has 14 aromatic carbocycles. The molecule has 0 unspecified atom stereocenters. The van der Waals surface area contributed by atoms with Gasteiger partial charge >= 0.3 is 0 Å². The molecule has 6 nitrogen and oxygen atoms in total. The average Bonchev–Trinajstić information content (AvgIpc) is 1.30. The Bertz CT molecular complexity index is 5810. The van der Waals surface area contributed by atoms with Crippen molar-refractivity contribution in [1.82, 2.24) is 9.97 Å². The van der Waals surface area contributed by atoms with Crippen LogP contribution in [0.5, 0.6) is 0 Å². The second-order valence-corrected chi connectivity index (χ2v) is 22.8. The highest BCUT2D eigenvalue weighted by molar-refractivity contribution is 6.26. The number of nitrogens with zero attached hydrogens (tertiary/aromatic N) is 4. The first-order chi connectivity index (χ1) is 43.6. The van der Waals surface area contributed by atoms with E-state index < -0.39 is 0 Å². The summed E-state index contributed by atoms with van der Waals surface area (Å²) >= 11 is 0. The number of pyridine rings is 2. The fourth-order valence-corrected chi connectivity index (χ4v) is 13.9. The van der Waals surface area contributed by atoms with Gasteiger partial charge in [-0.25, -0.2) is 4.98 Å². The number of hydrogen-bond donors (Lipinski definition) is 0. The minimum absolute atomic E-state index is 0.610. The summed E-state index contributed by atoms with van der Waals surface area (Å²) in [4.78, 5) is 14.6. The summed E-state index contributed by atoms with van der Waals surface area (Å²) in [5.74, 6) is 0. The number of para-hydroxylation sites is 2. The second kappa shape index (κ2) is 19.9. The van der Waals surface area contributed by atoms with Crippen molar-refractivity contribution in [3.05, 3.63) is 304 Å². The van der Waals surface area contributed by atoms with Gasteiger partial charge in [-0.15, -0.1) is 0 Å². The lowest BCUT2D eigenvalue weighted by molar-refractivity contribution is 0.654. The van der Waals surface area contributed by atoms with Gasteiger partial charge in [0.25, 0.3) is 0 Å². The Kier molecular flexibility index (Phi) is 11.2. The van der Waals surface area contributed by atoms with E-state index in [0.717, 1.165) is 117 Å². The Morgan fingerprint density at radius 2 is 0.761 bits per heavy atom. The number of rotatable bonds is 9. The Labute approximate surface area is 505 Å². The van der Waals surface area contributed by atoms with Gasteiger partial charge in [0.1, 0.15) is 5.58 Å². The maximum absolute atomic E-state index is 7.16. The van der Waals surface area contributed by atoms with E-state index in [2.05, 4.69) is 294 Å². The number of aromatic nitrogens is 2. The summed E-state index contributed by atoms with van der Waals surface area (Å²) in [7, 11) is 0. The van der Waals surface area contributed by atoms with Crippen molar-refractivity contribution >= 4 is 143 Å². The first-order valence-corrected chi connectivity index (χ1v) is 29.8. The van der Waals surface area contributed by atoms with Crippen molar-refractivity contribution in [3.63, 3.8) is 0 Å². The van der Waals surface area contributed by atoms with Crippen LogP contribution >= 0.6 is 0 Å². The Hall–Kier alpha value is -11.9. The Balaban J connectivity index is 0.776. The minimum Gasteiger partial charge on any atom is -0.454 e. The monoisotopic (exact) mass is 1120 g/mol. The molecule has 4 aromatic heterocycles. The van der Waals surface area contributed by atoms with Crippen molar-refractivity contribution in [3.8, 4) is 33.5 Å². The van der Waals surface area contributed by atoms with Crippen molar-refractivity contribution < 1.29 is 8.83 Å². The van der Waals surface area contributed by atoms with Crippen LogP contribution in [0, 0.1) is 0 Å². The summed E-state index contributed by atoms with van der Waals surface area (Å²) in [6, 6.07) is 105. The van der Waals surface area contributed by atoms with Crippen LogP contribution in [0.2, 0.25) is 0 Å². The van der Waals surface area contributed by atoms with Crippen molar-refractivity contribution in [2.75, 3.05) is 9.80 Å². The van der Waals surface area contributed by atoms with Gasteiger partial charge < -0.3 is 18.6 Å². The SMILES string of the molecule is c1ccc(-c2ccc(N(c3cc4ccc5ccccc5c4c4ccccc34)c3cccc4c3oc3ccnc(-c5cccc(-c6ccc(N(c7cc8ccccc8c8c7ccc7ccccc78)c7cccc8c7oc7ncccc78)cc6)c5)c34)cc2)cc1. The zero-order chi connectivity index (χ0) is 57.8. The maximum atomic E-state index is 7.16. The summed E-state index contributed by atoms with van der Waals surface area (Å²) in [6.45, 7) is 0. The molecule has 0 atom stereocenters. The quantitative estimate of drug-likeness (QED) is 0.134. The molecule has 0 saturated carbocycles. The van der Waals surface area contributed by atoms with Crippen LogP contribution < -0.4 is 9.80 Å². The van der Waals surface area contributed by atoms with E-state index in [0.29, 0.717) is 5.71 Å². The zero-order valence-electron chi connectivity index (χ0n) is 47.5. The number of benzene rings is 14.